The Bertz CT molecular complexity index is 723. The fourth-order valence-electron chi connectivity index (χ4n) is 6.68. The molecule has 2 N–H and O–H groups in total. The van der Waals surface area contributed by atoms with Gasteiger partial charge in [0, 0.05) is 19.1 Å². The summed E-state index contributed by atoms with van der Waals surface area (Å²) in [5, 5.41) is 12.5. The molecule has 0 aromatic heterocycles. The summed E-state index contributed by atoms with van der Waals surface area (Å²) in [6, 6.07) is 6.65. The number of ether oxygens (including phenoxy) is 1. The molecule has 0 radical (unpaired) electrons. The predicted molar refractivity (Wildman–Crippen MR) is 105 cm³/mol. The molecule has 1 aliphatic heterocycles. The van der Waals surface area contributed by atoms with Gasteiger partial charge >= 0.3 is 0 Å². The Balaban J connectivity index is 1.71. The fourth-order valence-corrected chi connectivity index (χ4v) is 6.68. The first-order chi connectivity index (χ1) is 12.8. The average molecular weight is 372 g/mol. The molecule has 2 aliphatic carbocycles. The first kappa shape index (κ1) is 18.9. The number of aryl methyl sites for hydroxylation is 2. The molecule has 5 atom stereocenters. The van der Waals surface area contributed by atoms with Crippen molar-refractivity contribution in [2.75, 3.05) is 13.2 Å². The molecule has 2 bridgehead atoms. The van der Waals surface area contributed by atoms with Crippen molar-refractivity contribution in [1.82, 2.24) is 5.32 Å². The predicted octanol–water partition coefficient (Wildman–Crippen LogP) is 3.68. The number of benzene rings is 1. The van der Waals surface area contributed by atoms with Crippen LogP contribution in [0, 0.1) is 36.5 Å². The zero-order valence-corrected chi connectivity index (χ0v) is 17.0. The minimum atomic E-state index is -0.0903. The van der Waals surface area contributed by atoms with Crippen molar-refractivity contribution >= 4 is 5.91 Å². The number of amides is 1. The largest absolute Gasteiger partial charge is 0.396 e. The summed E-state index contributed by atoms with van der Waals surface area (Å²) in [6.07, 6.45) is 3.69. The second-order valence-electron chi connectivity index (χ2n) is 9.62. The van der Waals surface area contributed by atoms with Crippen molar-refractivity contribution in [2.24, 2.45) is 22.7 Å². The Hall–Kier alpha value is -1.39. The molecule has 2 saturated carbocycles. The van der Waals surface area contributed by atoms with Crippen LogP contribution in [0.15, 0.2) is 18.2 Å². The Morgan fingerprint density at radius 3 is 2.67 bits per heavy atom. The molecule has 1 amide bonds. The minimum Gasteiger partial charge on any atom is -0.396 e. The lowest BCUT2D eigenvalue weighted by Gasteiger charge is -2.53. The van der Waals surface area contributed by atoms with E-state index in [0.717, 1.165) is 13.0 Å². The highest BCUT2D eigenvalue weighted by molar-refractivity contribution is 5.76. The summed E-state index contributed by atoms with van der Waals surface area (Å²) in [7, 11) is 0. The van der Waals surface area contributed by atoms with Crippen LogP contribution in [0.25, 0.3) is 0 Å². The molecular formula is C23H33NO3. The van der Waals surface area contributed by atoms with Gasteiger partial charge in [0.15, 0.2) is 0 Å². The van der Waals surface area contributed by atoms with Gasteiger partial charge in [0.05, 0.1) is 12.7 Å². The Morgan fingerprint density at radius 2 is 2.00 bits per heavy atom. The molecule has 1 aromatic rings. The van der Waals surface area contributed by atoms with Crippen LogP contribution in [0.1, 0.15) is 62.3 Å². The maximum atomic E-state index is 12.4. The molecule has 27 heavy (non-hydrogen) atoms. The minimum absolute atomic E-state index is 0.0219. The van der Waals surface area contributed by atoms with Crippen molar-refractivity contribution in [1.29, 1.82) is 0 Å². The molecule has 1 heterocycles. The van der Waals surface area contributed by atoms with Gasteiger partial charge in [-0.05, 0) is 72.5 Å². The van der Waals surface area contributed by atoms with E-state index >= 15 is 0 Å². The van der Waals surface area contributed by atoms with E-state index in [-0.39, 0.29) is 41.9 Å². The van der Waals surface area contributed by atoms with Crippen LogP contribution >= 0.6 is 0 Å². The molecule has 1 saturated heterocycles. The summed E-state index contributed by atoms with van der Waals surface area (Å²) < 4.78 is 6.40. The Morgan fingerprint density at radius 1 is 1.30 bits per heavy atom. The molecular weight excluding hydrogens is 338 g/mol. The smallest absolute Gasteiger partial charge is 0.222 e. The van der Waals surface area contributed by atoms with Gasteiger partial charge in [0.25, 0.3) is 0 Å². The van der Waals surface area contributed by atoms with Crippen molar-refractivity contribution in [3.63, 3.8) is 0 Å². The molecule has 3 aliphatic rings. The lowest BCUT2D eigenvalue weighted by Crippen LogP contribution is -2.59. The van der Waals surface area contributed by atoms with Crippen molar-refractivity contribution in [2.45, 2.75) is 65.5 Å². The number of hydrogen-bond acceptors (Lipinski definition) is 3. The van der Waals surface area contributed by atoms with Crippen LogP contribution in [0.5, 0.6) is 0 Å². The second-order valence-corrected chi connectivity index (χ2v) is 9.62. The Kier molecular flexibility index (Phi) is 4.63. The molecule has 148 valence electrons. The van der Waals surface area contributed by atoms with E-state index in [1.165, 1.54) is 29.5 Å². The highest BCUT2D eigenvalue weighted by Gasteiger charge is 2.68. The van der Waals surface area contributed by atoms with E-state index in [1.807, 2.05) is 0 Å². The van der Waals surface area contributed by atoms with E-state index < -0.39 is 0 Å². The lowest BCUT2D eigenvalue weighted by molar-refractivity contribution is -0.137. The van der Waals surface area contributed by atoms with Crippen LogP contribution in [0.3, 0.4) is 0 Å². The molecule has 1 spiro atoms. The molecule has 0 unspecified atom stereocenters. The van der Waals surface area contributed by atoms with Gasteiger partial charge < -0.3 is 15.2 Å². The number of aliphatic hydroxyl groups is 1. The summed E-state index contributed by atoms with van der Waals surface area (Å²) >= 11 is 0. The number of carbonyl (C=O) groups is 1. The van der Waals surface area contributed by atoms with E-state index in [1.54, 1.807) is 0 Å². The van der Waals surface area contributed by atoms with Crippen molar-refractivity contribution in [3.8, 4) is 0 Å². The first-order valence-electron chi connectivity index (χ1n) is 10.4. The number of nitrogens with one attached hydrogen (secondary N) is 1. The number of rotatable bonds is 4. The number of aliphatic hydroxyl groups excluding tert-OH is 1. The molecule has 4 nitrogen and oxygen atoms in total. The maximum absolute atomic E-state index is 12.4. The van der Waals surface area contributed by atoms with Crippen LogP contribution in [-0.4, -0.2) is 30.3 Å². The standard InChI is InChI=1S/C23H33NO3/c1-14-6-5-7-15(2)19(14)20-17-12-16-13-23(17,9-11-27-20)21(22(16,3)4)24-18(26)8-10-25/h5-7,16-17,20-21,25H,8-13H2,1-4H3,(H,24,26)/t16-,17-,20+,21+,23-/m1/s1. The molecule has 4 heteroatoms. The quantitative estimate of drug-likeness (QED) is 0.849. The zero-order valence-electron chi connectivity index (χ0n) is 17.0. The number of carbonyl (C=O) groups excluding carboxylic acids is 1. The summed E-state index contributed by atoms with van der Waals surface area (Å²) in [4.78, 5) is 12.4. The van der Waals surface area contributed by atoms with Crippen molar-refractivity contribution in [3.05, 3.63) is 34.9 Å². The second kappa shape index (κ2) is 6.59. The number of hydrogen-bond donors (Lipinski definition) is 2. The lowest BCUT2D eigenvalue weighted by atomic mass is 9.58. The van der Waals surface area contributed by atoms with Crippen LogP contribution < -0.4 is 5.32 Å². The molecule has 3 fully saturated rings. The third kappa shape index (κ3) is 2.75. The average Bonchev–Trinajstić information content (AvgIpc) is 3.09. The van der Waals surface area contributed by atoms with E-state index in [0.29, 0.717) is 11.8 Å². The molecule has 1 aromatic carbocycles. The zero-order chi connectivity index (χ0) is 19.4. The molecule has 4 rings (SSSR count). The van der Waals surface area contributed by atoms with Gasteiger partial charge in [-0.15, -0.1) is 0 Å². The van der Waals surface area contributed by atoms with Gasteiger partial charge in [0.1, 0.15) is 0 Å². The van der Waals surface area contributed by atoms with Gasteiger partial charge in [0.2, 0.25) is 5.91 Å². The van der Waals surface area contributed by atoms with Gasteiger partial charge in [-0.2, -0.15) is 0 Å². The summed E-state index contributed by atoms with van der Waals surface area (Å²) in [6.45, 7) is 9.67. The fraction of sp³-hybridized carbons (Fsp3) is 0.696. The van der Waals surface area contributed by atoms with Gasteiger partial charge in [-0.25, -0.2) is 0 Å². The highest BCUT2D eigenvalue weighted by atomic mass is 16.5. The highest BCUT2D eigenvalue weighted by Crippen LogP contribution is 2.70. The van der Waals surface area contributed by atoms with Gasteiger partial charge in [-0.1, -0.05) is 32.0 Å². The Labute approximate surface area is 162 Å². The van der Waals surface area contributed by atoms with Crippen molar-refractivity contribution < 1.29 is 14.6 Å². The van der Waals surface area contributed by atoms with Crippen LogP contribution in [-0.2, 0) is 9.53 Å². The SMILES string of the molecule is Cc1cccc(C)c1[C@H]1OCC[C@@]23C[C@@H](C[C@H]12)C(C)(C)[C@@H]3NC(=O)CCO. The van der Waals surface area contributed by atoms with Crippen LogP contribution in [0.2, 0.25) is 0 Å². The third-order valence-corrected chi connectivity index (χ3v) is 7.98. The van der Waals surface area contributed by atoms with E-state index in [9.17, 15) is 9.90 Å². The topological polar surface area (TPSA) is 58.6 Å². The first-order valence-corrected chi connectivity index (χ1v) is 10.4. The van der Waals surface area contributed by atoms with Gasteiger partial charge in [-0.3, -0.25) is 4.79 Å². The summed E-state index contributed by atoms with van der Waals surface area (Å²) in [5.41, 5.74) is 4.16. The van der Waals surface area contributed by atoms with E-state index in [4.69, 9.17) is 4.74 Å². The number of fused-ring (bicyclic) bond motifs is 1. The van der Waals surface area contributed by atoms with E-state index in [2.05, 4.69) is 51.2 Å². The normalized spacial score (nSPS) is 36.5. The monoisotopic (exact) mass is 371 g/mol. The summed E-state index contributed by atoms with van der Waals surface area (Å²) in [5.74, 6) is 1.03. The van der Waals surface area contributed by atoms with Crippen LogP contribution in [0.4, 0.5) is 0 Å². The third-order valence-electron chi connectivity index (χ3n) is 7.98. The maximum Gasteiger partial charge on any atom is 0.222 e.